The molecule has 3 rings (SSSR count). The fourth-order valence-corrected chi connectivity index (χ4v) is 4.47. The number of aryl methyl sites for hydroxylation is 1. The topological polar surface area (TPSA) is 84.3 Å². The van der Waals surface area contributed by atoms with Crippen LogP contribution in [0.4, 0.5) is 0 Å². The molecule has 0 aliphatic heterocycles. The standard InChI is InChI=1S/C17H22N4O3S/c1-10-4-5-11-12(6-10)25-16-15(11)17(24)21(9-19-16)8-14(23)20(3)7-13(22)18-2/h9-10H,4-8H2,1-3H3,(H,18,22)/t10-/m1/s1. The summed E-state index contributed by atoms with van der Waals surface area (Å²) in [5.74, 6) is 0.0742. The van der Waals surface area contributed by atoms with Crippen molar-refractivity contribution >= 4 is 33.4 Å². The van der Waals surface area contributed by atoms with E-state index in [1.165, 1.54) is 27.7 Å². The highest BCUT2D eigenvalue weighted by molar-refractivity contribution is 7.18. The van der Waals surface area contributed by atoms with Crippen LogP contribution in [0.2, 0.25) is 0 Å². The summed E-state index contributed by atoms with van der Waals surface area (Å²) in [6, 6.07) is 0. The quantitative estimate of drug-likeness (QED) is 0.871. The first-order valence-corrected chi connectivity index (χ1v) is 9.16. The zero-order chi connectivity index (χ0) is 18.1. The molecule has 134 valence electrons. The van der Waals surface area contributed by atoms with E-state index in [4.69, 9.17) is 0 Å². The minimum absolute atomic E-state index is 0.0362. The molecule has 0 aromatic carbocycles. The van der Waals surface area contributed by atoms with Crippen molar-refractivity contribution in [2.45, 2.75) is 32.7 Å². The number of carbonyl (C=O) groups excluding carboxylic acids is 2. The Morgan fingerprint density at radius 2 is 2.24 bits per heavy atom. The number of nitrogens with one attached hydrogen (secondary N) is 1. The zero-order valence-corrected chi connectivity index (χ0v) is 15.5. The molecular formula is C17H22N4O3S. The molecule has 2 amide bonds. The molecule has 2 aromatic rings. The van der Waals surface area contributed by atoms with Gasteiger partial charge in [0.25, 0.3) is 5.56 Å². The molecule has 0 bridgehead atoms. The van der Waals surface area contributed by atoms with E-state index in [0.29, 0.717) is 11.3 Å². The van der Waals surface area contributed by atoms with Gasteiger partial charge in [0.05, 0.1) is 18.3 Å². The average Bonchev–Trinajstić information content (AvgIpc) is 2.95. The van der Waals surface area contributed by atoms with Crippen molar-refractivity contribution in [3.05, 3.63) is 27.1 Å². The lowest BCUT2D eigenvalue weighted by Gasteiger charge is -2.18. The normalized spacial score (nSPS) is 16.5. The van der Waals surface area contributed by atoms with Crippen LogP contribution in [0.5, 0.6) is 0 Å². The number of hydrogen-bond acceptors (Lipinski definition) is 5. The number of amides is 2. The van der Waals surface area contributed by atoms with Crippen molar-refractivity contribution < 1.29 is 9.59 Å². The number of likely N-dealkylation sites (N-methyl/N-ethyl adjacent to an activating group) is 2. The molecule has 25 heavy (non-hydrogen) atoms. The minimum atomic E-state index is -0.301. The maximum atomic E-state index is 12.9. The molecule has 1 aliphatic rings. The van der Waals surface area contributed by atoms with E-state index in [-0.39, 0.29) is 30.5 Å². The van der Waals surface area contributed by atoms with Crippen molar-refractivity contribution in [2.24, 2.45) is 5.92 Å². The average molecular weight is 362 g/mol. The third-order valence-corrected chi connectivity index (χ3v) is 5.84. The minimum Gasteiger partial charge on any atom is -0.358 e. The summed E-state index contributed by atoms with van der Waals surface area (Å²) < 4.78 is 1.34. The van der Waals surface area contributed by atoms with Gasteiger partial charge in [-0.3, -0.25) is 19.0 Å². The first kappa shape index (κ1) is 17.6. The Balaban J connectivity index is 1.88. The Hall–Kier alpha value is -2.22. The molecule has 0 saturated heterocycles. The van der Waals surface area contributed by atoms with Gasteiger partial charge >= 0.3 is 0 Å². The molecular weight excluding hydrogens is 340 g/mol. The van der Waals surface area contributed by atoms with Crippen LogP contribution in [0, 0.1) is 5.92 Å². The molecule has 7 nitrogen and oxygen atoms in total. The first-order chi connectivity index (χ1) is 11.9. The van der Waals surface area contributed by atoms with E-state index in [9.17, 15) is 14.4 Å². The number of carbonyl (C=O) groups is 2. The summed E-state index contributed by atoms with van der Waals surface area (Å²) in [7, 11) is 3.06. The second-order valence-corrected chi connectivity index (χ2v) is 7.72. The smallest absolute Gasteiger partial charge is 0.262 e. The molecule has 0 spiro atoms. The summed E-state index contributed by atoms with van der Waals surface area (Å²) in [5.41, 5.74) is 0.940. The number of hydrogen-bond donors (Lipinski definition) is 1. The van der Waals surface area contributed by atoms with Crippen LogP contribution in [-0.2, 0) is 29.0 Å². The van der Waals surface area contributed by atoms with Crippen molar-refractivity contribution in [3.63, 3.8) is 0 Å². The molecule has 2 aromatic heterocycles. The summed E-state index contributed by atoms with van der Waals surface area (Å²) >= 11 is 1.59. The summed E-state index contributed by atoms with van der Waals surface area (Å²) in [5, 5.41) is 3.14. The van der Waals surface area contributed by atoms with Crippen molar-refractivity contribution in [3.8, 4) is 0 Å². The van der Waals surface area contributed by atoms with Gasteiger partial charge in [-0.25, -0.2) is 4.98 Å². The SMILES string of the molecule is CNC(=O)CN(C)C(=O)Cn1cnc2sc3c(c2c1=O)CC[C@@H](C)C3. The molecule has 8 heteroatoms. The molecule has 2 heterocycles. The lowest BCUT2D eigenvalue weighted by atomic mass is 9.89. The van der Waals surface area contributed by atoms with Gasteiger partial charge < -0.3 is 10.2 Å². The van der Waals surface area contributed by atoms with Crippen molar-refractivity contribution in [1.82, 2.24) is 19.8 Å². The summed E-state index contributed by atoms with van der Waals surface area (Å²) in [6.45, 7) is 2.07. The van der Waals surface area contributed by atoms with Gasteiger partial charge in [0, 0.05) is 19.0 Å². The third-order valence-electron chi connectivity index (χ3n) is 4.67. The molecule has 1 aliphatic carbocycles. The fourth-order valence-electron chi connectivity index (χ4n) is 3.13. The van der Waals surface area contributed by atoms with E-state index in [2.05, 4.69) is 17.2 Å². The Morgan fingerprint density at radius 3 is 2.96 bits per heavy atom. The molecule has 0 saturated carbocycles. The Kier molecular flexibility index (Phi) is 4.89. The Morgan fingerprint density at radius 1 is 1.48 bits per heavy atom. The van der Waals surface area contributed by atoms with Gasteiger partial charge in [-0.2, -0.15) is 0 Å². The number of rotatable bonds is 4. The largest absolute Gasteiger partial charge is 0.358 e. The van der Waals surface area contributed by atoms with Gasteiger partial charge in [-0.15, -0.1) is 11.3 Å². The van der Waals surface area contributed by atoms with Gasteiger partial charge in [-0.1, -0.05) is 6.92 Å². The lowest BCUT2D eigenvalue weighted by molar-refractivity contribution is -0.135. The van der Waals surface area contributed by atoms with Crippen LogP contribution in [-0.4, -0.2) is 46.9 Å². The van der Waals surface area contributed by atoms with Gasteiger partial charge in [-0.05, 0) is 30.7 Å². The molecule has 1 atom stereocenters. The zero-order valence-electron chi connectivity index (χ0n) is 14.7. The van der Waals surface area contributed by atoms with E-state index >= 15 is 0 Å². The van der Waals surface area contributed by atoms with Crippen LogP contribution in [0.15, 0.2) is 11.1 Å². The molecule has 0 radical (unpaired) electrons. The first-order valence-electron chi connectivity index (χ1n) is 8.35. The monoisotopic (exact) mass is 362 g/mol. The van der Waals surface area contributed by atoms with Crippen LogP contribution in [0.1, 0.15) is 23.8 Å². The van der Waals surface area contributed by atoms with Gasteiger partial charge in [0.15, 0.2) is 0 Å². The van der Waals surface area contributed by atoms with Crippen LogP contribution in [0.25, 0.3) is 10.2 Å². The molecule has 0 unspecified atom stereocenters. The highest BCUT2D eigenvalue weighted by Gasteiger charge is 2.23. The predicted octanol–water partition coefficient (Wildman–Crippen LogP) is 0.787. The summed E-state index contributed by atoms with van der Waals surface area (Å²) in [6.07, 6.45) is 4.38. The van der Waals surface area contributed by atoms with E-state index < -0.39 is 0 Å². The number of thiophene rings is 1. The second kappa shape index (κ2) is 6.95. The third kappa shape index (κ3) is 3.44. The van der Waals surface area contributed by atoms with Crippen LogP contribution < -0.4 is 10.9 Å². The van der Waals surface area contributed by atoms with Gasteiger partial charge in [0.2, 0.25) is 11.8 Å². The maximum Gasteiger partial charge on any atom is 0.262 e. The summed E-state index contributed by atoms with van der Waals surface area (Å²) in [4.78, 5) is 44.2. The number of fused-ring (bicyclic) bond motifs is 3. The predicted molar refractivity (Wildman–Crippen MR) is 96.8 cm³/mol. The second-order valence-electron chi connectivity index (χ2n) is 6.63. The van der Waals surface area contributed by atoms with Crippen molar-refractivity contribution in [1.29, 1.82) is 0 Å². The van der Waals surface area contributed by atoms with Crippen molar-refractivity contribution in [2.75, 3.05) is 20.6 Å². The van der Waals surface area contributed by atoms with E-state index in [1.807, 2.05) is 0 Å². The highest BCUT2D eigenvalue weighted by atomic mass is 32.1. The number of nitrogens with zero attached hydrogens (tertiary/aromatic N) is 3. The lowest BCUT2D eigenvalue weighted by Crippen LogP contribution is -2.40. The Bertz CT molecular complexity index is 886. The van der Waals surface area contributed by atoms with E-state index in [0.717, 1.165) is 29.7 Å². The van der Waals surface area contributed by atoms with Crippen LogP contribution >= 0.6 is 11.3 Å². The Labute approximate surface area is 149 Å². The van der Waals surface area contributed by atoms with Crippen LogP contribution in [0.3, 0.4) is 0 Å². The van der Waals surface area contributed by atoms with E-state index in [1.54, 1.807) is 18.4 Å². The molecule has 0 fully saturated rings. The fraction of sp³-hybridized carbons (Fsp3) is 0.529. The maximum absolute atomic E-state index is 12.9. The molecule has 1 N–H and O–H groups in total. The van der Waals surface area contributed by atoms with Gasteiger partial charge in [0.1, 0.15) is 11.4 Å². The number of aromatic nitrogens is 2. The highest BCUT2D eigenvalue weighted by Crippen LogP contribution is 2.35.